The number of hydrogen-bond acceptors (Lipinski definition) is 5. The SMILES string of the molecule is c1ccc(COCCCNc2ncns2)cc1. The molecule has 0 spiro atoms. The summed E-state index contributed by atoms with van der Waals surface area (Å²) in [6.45, 7) is 2.30. The van der Waals surface area contributed by atoms with Crippen molar-refractivity contribution in [2.24, 2.45) is 0 Å². The van der Waals surface area contributed by atoms with E-state index in [9.17, 15) is 0 Å². The minimum atomic E-state index is 0.680. The van der Waals surface area contributed by atoms with E-state index in [-0.39, 0.29) is 0 Å². The van der Waals surface area contributed by atoms with Crippen LogP contribution in [0.5, 0.6) is 0 Å². The van der Waals surface area contributed by atoms with Gasteiger partial charge >= 0.3 is 0 Å². The van der Waals surface area contributed by atoms with Gasteiger partial charge in [-0.05, 0) is 12.0 Å². The van der Waals surface area contributed by atoms with Crippen LogP contribution in [0.1, 0.15) is 12.0 Å². The number of rotatable bonds is 7. The van der Waals surface area contributed by atoms with Crippen molar-refractivity contribution in [3.8, 4) is 0 Å². The Hall–Kier alpha value is -1.46. The first kappa shape index (κ1) is 12.0. The van der Waals surface area contributed by atoms with Crippen LogP contribution in [0.2, 0.25) is 0 Å². The quantitative estimate of drug-likeness (QED) is 0.766. The van der Waals surface area contributed by atoms with Crippen LogP contribution in [0.15, 0.2) is 36.7 Å². The van der Waals surface area contributed by atoms with Gasteiger partial charge in [0.2, 0.25) is 5.13 Å². The highest BCUT2D eigenvalue weighted by molar-refractivity contribution is 7.09. The van der Waals surface area contributed by atoms with Gasteiger partial charge in [0, 0.05) is 24.7 Å². The molecule has 90 valence electrons. The molecule has 2 rings (SSSR count). The monoisotopic (exact) mass is 249 g/mol. The zero-order chi connectivity index (χ0) is 11.8. The Kier molecular flexibility index (Phi) is 4.93. The molecular weight excluding hydrogens is 234 g/mol. The van der Waals surface area contributed by atoms with Crippen molar-refractivity contribution < 1.29 is 4.74 Å². The second-order valence-electron chi connectivity index (χ2n) is 3.56. The Morgan fingerprint density at radius 1 is 1.24 bits per heavy atom. The van der Waals surface area contributed by atoms with E-state index in [4.69, 9.17) is 4.74 Å². The molecule has 17 heavy (non-hydrogen) atoms. The molecule has 0 fully saturated rings. The maximum atomic E-state index is 5.57. The van der Waals surface area contributed by atoms with E-state index in [2.05, 4.69) is 26.8 Å². The van der Waals surface area contributed by atoms with Gasteiger partial charge in [0.25, 0.3) is 0 Å². The fourth-order valence-electron chi connectivity index (χ4n) is 1.38. The van der Waals surface area contributed by atoms with Gasteiger partial charge < -0.3 is 10.1 Å². The lowest BCUT2D eigenvalue weighted by Crippen LogP contribution is -2.05. The van der Waals surface area contributed by atoms with E-state index in [1.807, 2.05) is 18.2 Å². The molecule has 0 aliphatic heterocycles. The molecule has 0 amide bonds. The molecule has 0 atom stereocenters. The zero-order valence-electron chi connectivity index (χ0n) is 9.50. The lowest BCUT2D eigenvalue weighted by molar-refractivity contribution is 0.120. The third kappa shape index (κ3) is 4.50. The van der Waals surface area contributed by atoms with Gasteiger partial charge in [0.05, 0.1) is 6.61 Å². The van der Waals surface area contributed by atoms with Crippen LogP contribution in [0, 0.1) is 0 Å². The summed E-state index contributed by atoms with van der Waals surface area (Å²) in [5, 5.41) is 4.06. The predicted octanol–water partition coefficient (Wildman–Crippen LogP) is 2.56. The molecule has 0 radical (unpaired) electrons. The molecule has 1 aromatic heterocycles. The number of aromatic nitrogens is 2. The van der Waals surface area contributed by atoms with Gasteiger partial charge in [-0.2, -0.15) is 4.37 Å². The highest BCUT2D eigenvalue weighted by Gasteiger charge is 1.95. The average molecular weight is 249 g/mol. The molecule has 4 nitrogen and oxygen atoms in total. The second-order valence-corrected chi connectivity index (χ2v) is 4.35. The number of benzene rings is 1. The van der Waals surface area contributed by atoms with Crippen molar-refractivity contribution in [3.05, 3.63) is 42.2 Å². The largest absolute Gasteiger partial charge is 0.377 e. The molecule has 5 heteroatoms. The molecular formula is C12H15N3OS. The van der Waals surface area contributed by atoms with Crippen LogP contribution in [0.3, 0.4) is 0 Å². The topological polar surface area (TPSA) is 47.0 Å². The third-order valence-corrected chi connectivity index (χ3v) is 2.84. The van der Waals surface area contributed by atoms with Crippen LogP contribution in [-0.4, -0.2) is 22.5 Å². The first-order valence-electron chi connectivity index (χ1n) is 5.57. The Morgan fingerprint density at radius 3 is 2.88 bits per heavy atom. The van der Waals surface area contributed by atoms with E-state index in [1.165, 1.54) is 17.1 Å². The summed E-state index contributed by atoms with van der Waals surface area (Å²) in [5.41, 5.74) is 1.21. The highest BCUT2D eigenvalue weighted by atomic mass is 32.1. The van der Waals surface area contributed by atoms with Crippen LogP contribution in [0.4, 0.5) is 5.13 Å². The molecule has 1 aromatic carbocycles. The Morgan fingerprint density at radius 2 is 2.12 bits per heavy atom. The maximum absolute atomic E-state index is 5.57. The van der Waals surface area contributed by atoms with Crippen molar-refractivity contribution in [1.29, 1.82) is 0 Å². The van der Waals surface area contributed by atoms with Crippen molar-refractivity contribution in [1.82, 2.24) is 9.36 Å². The molecule has 0 aliphatic rings. The van der Waals surface area contributed by atoms with E-state index >= 15 is 0 Å². The van der Waals surface area contributed by atoms with E-state index < -0.39 is 0 Å². The third-order valence-electron chi connectivity index (χ3n) is 2.21. The van der Waals surface area contributed by atoms with E-state index in [0.29, 0.717) is 6.61 Å². The van der Waals surface area contributed by atoms with Crippen LogP contribution < -0.4 is 5.32 Å². The summed E-state index contributed by atoms with van der Waals surface area (Å²) >= 11 is 1.37. The first-order valence-corrected chi connectivity index (χ1v) is 6.35. The average Bonchev–Trinajstić information content (AvgIpc) is 2.88. The van der Waals surface area contributed by atoms with Crippen LogP contribution >= 0.6 is 11.5 Å². The normalized spacial score (nSPS) is 10.4. The number of nitrogens with one attached hydrogen (secondary N) is 1. The molecule has 0 bridgehead atoms. The lowest BCUT2D eigenvalue weighted by Gasteiger charge is -2.04. The maximum Gasteiger partial charge on any atom is 0.202 e. The van der Waals surface area contributed by atoms with Crippen LogP contribution in [0.25, 0.3) is 0 Å². The summed E-state index contributed by atoms with van der Waals surface area (Å²) in [7, 11) is 0. The first-order chi connectivity index (χ1) is 8.45. The fourth-order valence-corrected chi connectivity index (χ4v) is 1.84. The number of nitrogens with zero attached hydrogens (tertiary/aromatic N) is 2. The summed E-state index contributed by atoms with van der Waals surface area (Å²) in [6, 6.07) is 10.2. The summed E-state index contributed by atoms with van der Waals surface area (Å²) in [6.07, 6.45) is 2.52. The lowest BCUT2D eigenvalue weighted by atomic mass is 10.2. The van der Waals surface area contributed by atoms with Gasteiger partial charge in [-0.3, -0.25) is 0 Å². The minimum Gasteiger partial charge on any atom is -0.377 e. The smallest absolute Gasteiger partial charge is 0.202 e. The van der Waals surface area contributed by atoms with Crippen molar-refractivity contribution in [3.63, 3.8) is 0 Å². The van der Waals surface area contributed by atoms with Crippen molar-refractivity contribution >= 4 is 16.7 Å². The summed E-state index contributed by atoms with van der Waals surface area (Å²) in [4.78, 5) is 4.04. The second kappa shape index (κ2) is 6.98. The fraction of sp³-hybridized carbons (Fsp3) is 0.333. The Balaban J connectivity index is 1.52. The molecule has 1 heterocycles. The number of hydrogen-bond donors (Lipinski definition) is 1. The van der Waals surface area contributed by atoms with Gasteiger partial charge in [0.1, 0.15) is 6.33 Å². The Bertz CT molecular complexity index is 405. The van der Waals surface area contributed by atoms with Crippen molar-refractivity contribution in [2.75, 3.05) is 18.5 Å². The molecule has 2 aromatic rings. The molecule has 0 saturated carbocycles. The predicted molar refractivity (Wildman–Crippen MR) is 69.1 cm³/mol. The summed E-state index contributed by atoms with van der Waals surface area (Å²) in [5.74, 6) is 0. The van der Waals surface area contributed by atoms with Crippen LogP contribution in [-0.2, 0) is 11.3 Å². The van der Waals surface area contributed by atoms with E-state index in [0.717, 1.165) is 24.7 Å². The number of anilines is 1. The highest BCUT2D eigenvalue weighted by Crippen LogP contribution is 2.06. The van der Waals surface area contributed by atoms with Gasteiger partial charge in [-0.1, -0.05) is 30.3 Å². The van der Waals surface area contributed by atoms with Gasteiger partial charge in [-0.25, -0.2) is 4.98 Å². The van der Waals surface area contributed by atoms with Gasteiger partial charge in [0.15, 0.2) is 0 Å². The number of ether oxygens (including phenoxy) is 1. The molecule has 0 saturated heterocycles. The standard InChI is InChI=1S/C12H15N3OS/c1-2-5-11(6-3-1)9-16-8-4-7-13-12-14-10-15-17-12/h1-3,5-6,10H,4,7-9H2,(H,13,14,15). The summed E-state index contributed by atoms with van der Waals surface area (Å²) < 4.78 is 9.48. The minimum absolute atomic E-state index is 0.680. The molecule has 0 aliphatic carbocycles. The zero-order valence-corrected chi connectivity index (χ0v) is 10.3. The van der Waals surface area contributed by atoms with Gasteiger partial charge in [-0.15, -0.1) is 0 Å². The van der Waals surface area contributed by atoms with E-state index in [1.54, 1.807) is 6.33 Å². The molecule has 0 unspecified atom stereocenters. The molecule has 1 N–H and O–H groups in total. The Labute approximate surface area is 105 Å². The van der Waals surface area contributed by atoms with Crippen molar-refractivity contribution in [2.45, 2.75) is 13.0 Å².